The predicted octanol–water partition coefficient (Wildman–Crippen LogP) is 3.29. The van der Waals surface area contributed by atoms with Gasteiger partial charge < -0.3 is 5.11 Å². The van der Waals surface area contributed by atoms with E-state index in [0.29, 0.717) is 19.4 Å². The van der Waals surface area contributed by atoms with Crippen molar-refractivity contribution in [3.63, 3.8) is 0 Å². The van der Waals surface area contributed by atoms with Gasteiger partial charge in [-0.1, -0.05) is 13.3 Å². The first-order chi connectivity index (χ1) is 8.60. The van der Waals surface area contributed by atoms with E-state index in [1.165, 1.54) is 0 Å². The molecule has 112 valence electrons. The molecule has 6 heteroatoms. The number of nitrogens with zero attached hydrogens (tertiary/aromatic N) is 1. The smallest absolute Gasteiger partial charge is 0.391 e. The van der Waals surface area contributed by atoms with Crippen LogP contribution in [-0.4, -0.2) is 40.3 Å². The lowest BCUT2D eigenvalue weighted by Crippen LogP contribution is -2.56. The Morgan fingerprint density at radius 2 is 1.89 bits per heavy atom. The Kier molecular flexibility index (Phi) is 4.87. The molecule has 1 N–H and O–H groups in total. The molecule has 0 heterocycles. The summed E-state index contributed by atoms with van der Waals surface area (Å²) in [6, 6.07) is -0.309. The summed E-state index contributed by atoms with van der Waals surface area (Å²) in [5.41, 5.74) is -1.13. The van der Waals surface area contributed by atoms with E-state index in [2.05, 4.69) is 0 Å². The monoisotopic (exact) mass is 281 g/mol. The number of carbonyl (C=O) groups is 1. The number of hydrogen-bond donors (Lipinski definition) is 1. The van der Waals surface area contributed by atoms with Crippen molar-refractivity contribution in [2.45, 2.75) is 64.2 Å². The molecule has 2 atom stereocenters. The van der Waals surface area contributed by atoms with Gasteiger partial charge >= 0.3 is 12.1 Å². The van der Waals surface area contributed by atoms with E-state index in [9.17, 15) is 23.1 Å². The molecule has 0 saturated heterocycles. The van der Waals surface area contributed by atoms with Gasteiger partial charge in [0.2, 0.25) is 0 Å². The molecule has 0 aromatic rings. The molecular weight excluding hydrogens is 259 g/mol. The fourth-order valence-electron chi connectivity index (χ4n) is 2.98. The first-order valence-corrected chi connectivity index (χ1v) is 6.67. The minimum atomic E-state index is -4.18. The number of aliphatic carboxylic acids is 1. The van der Waals surface area contributed by atoms with Crippen LogP contribution in [0, 0.1) is 5.92 Å². The SMILES string of the molecule is CCN(C1CCCC(C(F)(F)F)C1)C(C)(C)C(=O)O. The van der Waals surface area contributed by atoms with Crippen LogP contribution >= 0.6 is 0 Å². The fraction of sp³-hybridized carbons (Fsp3) is 0.923. The van der Waals surface area contributed by atoms with E-state index in [1.807, 2.05) is 0 Å². The second-order valence-electron chi connectivity index (χ2n) is 5.71. The first kappa shape index (κ1) is 16.3. The van der Waals surface area contributed by atoms with Crippen LogP contribution in [0.1, 0.15) is 46.5 Å². The van der Waals surface area contributed by atoms with E-state index in [0.717, 1.165) is 0 Å². The summed E-state index contributed by atoms with van der Waals surface area (Å²) >= 11 is 0. The number of carboxylic acid groups (broad SMARTS) is 1. The third kappa shape index (κ3) is 3.61. The zero-order valence-electron chi connectivity index (χ0n) is 11.6. The molecule has 19 heavy (non-hydrogen) atoms. The van der Waals surface area contributed by atoms with Gasteiger partial charge in [-0.2, -0.15) is 13.2 Å². The van der Waals surface area contributed by atoms with Crippen LogP contribution in [0.2, 0.25) is 0 Å². The highest BCUT2D eigenvalue weighted by atomic mass is 19.4. The fourth-order valence-corrected chi connectivity index (χ4v) is 2.98. The molecular formula is C13H22F3NO2. The minimum Gasteiger partial charge on any atom is -0.480 e. The molecule has 1 fully saturated rings. The zero-order chi connectivity index (χ0) is 14.8. The largest absolute Gasteiger partial charge is 0.480 e. The molecule has 0 aromatic carbocycles. The van der Waals surface area contributed by atoms with E-state index in [4.69, 9.17) is 0 Å². The van der Waals surface area contributed by atoms with Gasteiger partial charge in [0.1, 0.15) is 5.54 Å². The summed E-state index contributed by atoms with van der Waals surface area (Å²) < 4.78 is 38.4. The predicted molar refractivity (Wildman–Crippen MR) is 65.9 cm³/mol. The molecule has 1 rings (SSSR count). The lowest BCUT2D eigenvalue weighted by atomic mass is 9.82. The third-order valence-electron chi connectivity index (χ3n) is 4.13. The summed E-state index contributed by atoms with van der Waals surface area (Å²) in [4.78, 5) is 13.0. The average Bonchev–Trinajstić information content (AvgIpc) is 2.28. The molecule has 2 unspecified atom stereocenters. The summed E-state index contributed by atoms with van der Waals surface area (Å²) in [5, 5.41) is 9.24. The molecule has 0 aromatic heterocycles. The zero-order valence-corrected chi connectivity index (χ0v) is 11.6. The Morgan fingerprint density at radius 1 is 1.32 bits per heavy atom. The highest BCUT2D eigenvalue weighted by molar-refractivity contribution is 5.77. The summed E-state index contributed by atoms with van der Waals surface area (Å²) in [7, 11) is 0. The van der Waals surface area contributed by atoms with E-state index in [1.54, 1.807) is 25.7 Å². The van der Waals surface area contributed by atoms with Crippen molar-refractivity contribution in [1.82, 2.24) is 4.90 Å². The first-order valence-electron chi connectivity index (χ1n) is 6.67. The number of carboxylic acids is 1. The Labute approximate surface area is 111 Å². The normalized spacial score (nSPS) is 25.6. The number of rotatable bonds is 4. The van der Waals surface area contributed by atoms with Crippen molar-refractivity contribution < 1.29 is 23.1 Å². The number of likely N-dealkylation sites (N-methyl/N-ethyl adjacent to an activating group) is 1. The van der Waals surface area contributed by atoms with Gasteiger partial charge in [-0.25, -0.2) is 0 Å². The highest BCUT2D eigenvalue weighted by Gasteiger charge is 2.46. The highest BCUT2D eigenvalue weighted by Crippen LogP contribution is 2.40. The summed E-state index contributed by atoms with van der Waals surface area (Å²) in [6.45, 7) is 5.34. The van der Waals surface area contributed by atoms with Gasteiger partial charge in [-0.15, -0.1) is 0 Å². The van der Waals surface area contributed by atoms with Crippen molar-refractivity contribution in [1.29, 1.82) is 0 Å². The van der Waals surface area contributed by atoms with Crippen molar-refractivity contribution >= 4 is 5.97 Å². The summed E-state index contributed by atoms with van der Waals surface area (Å²) in [6.07, 6.45) is -2.87. The van der Waals surface area contributed by atoms with Crippen LogP contribution in [-0.2, 0) is 4.79 Å². The van der Waals surface area contributed by atoms with Crippen LogP contribution in [0.25, 0.3) is 0 Å². The molecule has 3 nitrogen and oxygen atoms in total. The maximum atomic E-state index is 12.8. The van der Waals surface area contributed by atoms with Crippen molar-refractivity contribution in [2.75, 3.05) is 6.54 Å². The van der Waals surface area contributed by atoms with Crippen LogP contribution in [0.4, 0.5) is 13.2 Å². The Bertz CT molecular complexity index is 328. The second-order valence-corrected chi connectivity index (χ2v) is 5.71. The number of halogens is 3. The Morgan fingerprint density at radius 3 is 2.32 bits per heavy atom. The van der Waals surface area contributed by atoms with Crippen LogP contribution in [0.3, 0.4) is 0 Å². The van der Waals surface area contributed by atoms with Gasteiger partial charge in [0.25, 0.3) is 0 Å². The Balaban J connectivity index is 2.85. The maximum absolute atomic E-state index is 12.8. The summed E-state index contributed by atoms with van der Waals surface area (Å²) in [5.74, 6) is -2.30. The van der Waals surface area contributed by atoms with Gasteiger partial charge in [0, 0.05) is 6.04 Å². The standard InChI is InChI=1S/C13H22F3NO2/c1-4-17(12(2,3)11(18)19)10-7-5-6-9(8-10)13(14,15)16/h9-10H,4-8H2,1-3H3,(H,18,19). The lowest BCUT2D eigenvalue weighted by molar-refractivity contribution is -0.189. The minimum absolute atomic E-state index is 0.00799. The van der Waals surface area contributed by atoms with E-state index in [-0.39, 0.29) is 18.9 Å². The second kappa shape index (κ2) is 5.69. The topological polar surface area (TPSA) is 40.5 Å². The van der Waals surface area contributed by atoms with Crippen molar-refractivity contribution in [3.05, 3.63) is 0 Å². The van der Waals surface area contributed by atoms with Gasteiger partial charge in [0.15, 0.2) is 0 Å². The van der Waals surface area contributed by atoms with Crippen molar-refractivity contribution in [2.24, 2.45) is 5.92 Å². The number of alkyl halides is 3. The van der Waals surface area contributed by atoms with Crippen LogP contribution in [0.15, 0.2) is 0 Å². The maximum Gasteiger partial charge on any atom is 0.391 e. The molecule has 1 aliphatic rings. The Hall–Kier alpha value is -0.780. The average molecular weight is 281 g/mol. The molecule has 0 radical (unpaired) electrons. The molecule has 0 aliphatic heterocycles. The quantitative estimate of drug-likeness (QED) is 0.859. The molecule has 1 saturated carbocycles. The van der Waals surface area contributed by atoms with Gasteiger partial charge in [-0.05, 0) is 39.7 Å². The molecule has 1 aliphatic carbocycles. The lowest BCUT2D eigenvalue weighted by Gasteiger charge is -2.44. The van der Waals surface area contributed by atoms with Crippen LogP contribution in [0.5, 0.6) is 0 Å². The van der Waals surface area contributed by atoms with Gasteiger partial charge in [-0.3, -0.25) is 9.69 Å². The third-order valence-corrected chi connectivity index (χ3v) is 4.13. The van der Waals surface area contributed by atoms with Crippen LogP contribution < -0.4 is 0 Å². The molecule has 0 spiro atoms. The van der Waals surface area contributed by atoms with Gasteiger partial charge in [0.05, 0.1) is 5.92 Å². The van der Waals surface area contributed by atoms with Crippen molar-refractivity contribution in [3.8, 4) is 0 Å². The molecule has 0 bridgehead atoms. The molecule has 0 amide bonds. The van der Waals surface area contributed by atoms with E-state index < -0.39 is 23.6 Å². The van der Waals surface area contributed by atoms with E-state index >= 15 is 0 Å². The number of hydrogen-bond acceptors (Lipinski definition) is 2.